The Balaban J connectivity index is 2.30. The van der Waals surface area contributed by atoms with Gasteiger partial charge in [0.25, 0.3) is 0 Å². The van der Waals surface area contributed by atoms with Crippen LogP contribution in [0.5, 0.6) is 17.6 Å². The maximum Gasteiger partial charge on any atom is 0.325 e. The molecule has 1 aromatic carbocycles. The first kappa shape index (κ1) is 13.2. The second kappa shape index (κ2) is 5.61. The van der Waals surface area contributed by atoms with Gasteiger partial charge in [0.05, 0.1) is 22.2 Å². The van der Waals surface area contributed by atoms with E-state index in [0.717, 1.165) is 0 Å². The lowest BCUT2D eigenvalue weighted by atomic mass is 10.3. The molecule has 0 bridgehead atoms. The zero-order valence-electron chi connectivity index (χ0n) is 9.15. The van der Waals surface area contributed by atoms with Gasteiger partial charge in [0.15, 0.2) is 5.75 Å². The van der Waals surface area contributed by atoms with Crippen LogP contribution in [-0.2, 0) is 0 Å². The number of aromatic nitrogens is 2. The van der Waals surface area contributed by atoms with E-state index in [4.69, 9.17) is 44.3 Å². The van der Waals surface area contributed by atoms with Crippen molar-refractivity contribution in [3.8, 4) is 17.6 Å². The number of rotatable bonds is 3. The van der Waals surface area contributed by atoms with Crippen molar-refractivity contribution in [3.05, 3.63) is 39.5 Å². The fraction of sp³-hybridized carbons (Fsp3) is 0.0909. The van der Waals surface area contributed by atoms with Crippen LogP contribution in [0.2, 0.25) is 15.1 Å². The summed E-state index contributed by atoms with van der Waals surface area (Å²) >= 11 is 17.7. The fourth-order valence-corrected chi connectivity index (χ4v) is 1.74. The lowest BCUT2D eigenvalue weighted by Crippen LogP contribution is -1.94. The van der Waals surface area contributed by atoms with Crippen LogP contribution in [-0.4, -0.2) is 17.1 Å². The third-order valence-electron chi connectivity index (χ3n) is 1.99. The Morgan fingerprint density at radius 3 is 2.50 bits per heavy atom. The molecule has 18 heavy (non-hydrogen) atoms. The lowest BCUT2D eigenvalue weighted by molar-refractivity contribution is 0.376. The number of hydrogen-bond acceptors (Lipinski definition) is 4. The van der Waals surface area contributed by atoms with Crippen LogP contribution in [0, 0.1) is 0 Å². The quantitative estimate of drug-likeness (QED) is 0.796. The molecule has 0 aliphatic carbocycles. The van der Waals surface area contributed by atoms with Gasteiger partial charge < -0.3 is 9.47 Å². The first-order valence-corrected chi connectivity index (χ1v) is 5.93. The number of ether oxygens (including phenoxy) is 2. The Bertz CT molecular complexity index is 578. The molecule has 94 valence electrons. The molecule has 0 spiro atoms. The minimum absolute atomic E-state index is 0.106. The van der Waals surface area contributed by atoms with Gasteiger partial charge in [-0.2, -0.15) is 4.98 Å². The Kier molecular flexibility index (Phi) is 4.11. The molecule has 0 N–H and O–H groups in total. The van der Waals surface area contributed by atoms with E-state index < -0.39 is 0 Å². The van der Waals surface area contributed by atoms with E-state index in [1.54, 1.807) is 6.07 Å². The molecule has 2 rings (SSSR count). The van der Waals surface area contributed by atoms with Crippen molar-refractivity contribution in [1.82, 2.24) is 9.97 Å². The van der Waals surface area contributed by atoms with E-state index >= 15 is 0 Å². The summed E-state index contributed by atoms with van der Waals surface area (Å²) in [6.07, 6.45) is 1.51. The summed E-state index contributed by atoms with van der Waals surface area (Å²) in [6.45, 7) is 0. The summed E-state index contributed by atoms with van der Waals surface area (Å²) in [5.74, 6) is 0.704. The van der Waals surface area contributed by atoms with Crippen LogP contribution in [0.15, 0.2) is 24.4 Å². The first-order valence-electron chi connectivity index (χ1n) is 4.79. The molecule has 1 heterocycles. The summed E-state index contributed by atoms with van der Waals surface area (Å²) < 4.78 is 10.4. The molecule has 7 heteroatoms. The number of nitrogens with zero attached hydrogens (tertiary/aromatic N) is 2. The molecular formula is C11H7Cl3N2O2. The van der Waals surface area contributed by atoms with E-state index in [9.17, 15) is 0 Å². The van der Waals surface area contributed by atoms with Crippen molar-refractivity contribution in [2.45, 2.75) is 0 Å². The molecule has 0 radical (unpaired) electrons. The molecular weight excluding hydrogens is 298 g/mol. The summed E-state index contributed by atoms with van der Waals surface area (Å²) in [6, 6.07) is 4.69. The fourth-order valence-electron chi connectivity index (χ4n) is 1.17. The zero-order valence-corrected chi connectivity index (χ0v) is 11.4. The molecule has 4 nitrogen and oxygen atoms in total. The number of hydrogen-bond donors (Lipinski definition) is 0. The maximum absolute atomic E-state index is 5.97. The van der Waals surface area contributed by atoms with Gasteiger partial charge in [0.1, 0.15) is 0 Å². The Hall–Kier alpha value is -1.23. The number of methoxy groups -OCH3 is 1. The molecule has 2 aromatic rings. The predicted octanol–water partition coefficient (Wildman–Crippen LogP) is 4.24. The highest BCUT2D eigenvalue weighted by Gasteiger charge is 2.10. The number of benzene rings is 1. The maximum atomic E-state index is 5.97. The second-order valence-electron chi connectivity index (χ2n) is 3.18. The molecule has 0 saturated carbocycles. The standard InChI is InChI=1S/C11H7Cl3N2O2/c1-17-10-2-3-15-11(16-10)18-9-5-7(13)6(12)4-8(9)14/h2-5H,1H3. The van der Waals surface area contributed by atoms with Gasteiger partial charge in [-0.3, -0.25) is 0 Å². The highest BCUT2D eigenvalue weighted by Crippen LogP contribution is 2.35. The molecule has 0 amide bonds. The average Bonchev–Trinajstić information content (AvgIpc) is 2.36. The van der Waals surface area contributed by atoms with Gasteiger partial charge >= 0.3 is 6.01 Å². The lowest BCUT2D eigenvalue weighted by Gasteiger charge is -2.07. The third kappa shape index (κ3) is 2.96. The van der Waals surface area contributed by atoms with E-state index in [1.807, 2.05) is 0 Å². The molecule has 0 unspecified atom stereocenters. The smallest absolute Gasteiger partial charge is 0.325 e. The summed E-state index contributed by atoms with van der Waals surface area (Å²) in [4.78, 5) is 7.92. The van der Waals surface area contributed by atoms with Crippen LogP contribution in [0.3, 0.4) is 0 Å². The molecule has 0 aliphatic rings. The van der Waals surface area contributed by atoms with Crippen LogP contribution in [0.1, 0.15) is 0 Å². The molecule has 0 atom stereocenters. The zero-order chi connectivity index (χ0) is 13.1. The van der Waals surface area contributed by atoms with Crippen molar-refractivity contribution in [2.24, 2.45) is 0 Å². The summed E-state index contributed by atoms with van der Waals surface area (Å²) in [5, 5.41) is 0.996. The van der Waals surface area contributed by atoms with Gasteiger partial charge in [-0.25, -0.2) is 4.98 Å². The van der Waals surface area contributed by atoms with Crippen LogP contribution >= 0.6 is 34.8 Å². The SMILES string of the molecule is COc1ccnc(Oc2cc(Cl)c(Cl)cc2Cl)n1. The van der Waals surface area contributed by atoms with Crippen molar-refractivity contribution >= 4 is 34.8 Å². The Morgan fingerprint density at radius 2 is 1.78 bits per heavy atom. The highest BCUT2D eigenvalue weighted by atomic mass is 35.5. The van der Waals surface area contributed by atoms with Gasteiger partial charge in [0, 0.05) is 18.3 Å². The predicted molar refractivity (Wildman–Crippen MR) is 70.1 cm³/mol. The summed E-state index contributed by atoms with van der Waals surface area (Å²) in [7, 11) is 1.50. The average molecular weight is 306 g/mol. The highest BCUT2D eigenvalue weighted by molar-refractivity contribution is 6.43. The van der Waals surface area contributed by atoms with Crippen LogP contribution < -0.4 is 9.47 Å². The van der Waals surface area contributed by atoms with Crippen LogP contribution in [0.4, 0.5) is 0 Å². The first-order chi connectivity index (χ1) is 8.60. The van der Waals surface area contributed by atoms with Gasteiger partial charge in [-0.1, -0.05) is 34.8 Å². The molecule has 0 aliphatic heterocycles. The second-order valence-corrected chi connectivity index (χ2v) is 4.40. The van der Waals surface area contributed by atoms with Crippen molar-refractivity contribution < 1.29 is 9.47 Å². The summed E-state index contributed by atoms with van der Waals surface area (Å²) in [5.41, 5.74) is 0. The third-order valence-corrected chi connectivity index (χ3v) is 3.01. The monoisotopic (exact) mass is 304 g/mol. The van der Waals surface area contributed by atoms with E-state index in [-0.39, 0.29) is 6.01 Å². The van der Waals surface area contributed by atoms with Crippen molar-refractivity contribution in [2.75, 3.05) is 7.11 Å². The van der Waals surface area contributed by atoms with Gasteiger partial charge in [0.2, 0.25) is 5.88 Å². The van der Waals surface area contributed by atoms with E-state index in [1.165, 1.54) is 25.4 Å². The Morgan fingerprint density at radius 1 is 1.06 bits per heavy atom. The van der Waals surface area contributed by atoms with E-state index in [0.29, 0.717) is 26.7 Å². The van der Waals surface area contributed by atoms with Gasteiger partial charge in [-0.05, 0) is 6.07 Å². The Labute approximate surface area is 118 Å². The van der Waals surface area contributed by atoms with E-state index in [2.05, 4.69) is 9.97 Å². The minimum Gasteiger partial charge on any atom is -0.481 e. The van der Waals surface area contributed by atoms with Gasteiger partial charge in [-0.15, -0.1) is 0 Å². The number of halogens is 3. The minimum atomic E-state index is 0.106. The molecule has 0 fully saturated rings. The van der Waals surface area contributed by atoms with Crippen LogP contribution in [0.25, 0.3) is 0 Å². The van der Waals surface area contributed by atoms with Crippen molar-refractivity contribution in [3.63, 3.8) is 0 Å². The molecule has 1 aromatic heterocycles. The molecule has 0 saturated heterocycles. The normalized spacial score (nSPS) is 10.2. The van der Waals surface area contributed by atoms with Crippen molar-refractivity contribution in [1.29, 1.82) is 0 Å². The largest absolute Gasteiger partial charge is 0.481 e. The topological polar surface area (TPSA) is 44.2 Å².